The Kier molecular flexibility index (Phi) is 3.38. The van der Waals surface area contributed by atoms with Crippen molar-refractivity contribution in [2.24, 2.45) is 11.8 Å². The maximum Gasteiger partial charge on any atom is 0.307 e. The van der Waals surface area contributed by atoms with E-state index >= 15 is 0 Å². The van der Waals surface area contributed by atoms with Gasteiger partial charge in [0.25, 0.3) is 0 Å². The highest BCUT2D eigenvalue weighted by Crippen LogP contribution is 2.28. The number of allylic oxidation sites excluding steroid dienone is 2. The molecule has 0 aromatic heterocycles. The Morgan fingerprint density at radius 3 is 2.18 bits per heavy atom. The fourth-order valence-electron chi connectivity index (χ4n) is 2.19. The van der Waals surface area contributed by atoms with Crippen LogP contribution in [0, 0.1) is 11.8 Å². The van der Waals surface area contributed by atoms with E-state index in [9.17, 15) is 9.59 Å². The SMILES string of the molecule is O=C(O)[C@H]1CC=CC[C@H]1C(=O)c1ccccc1. The van der Waals surface area contributed by atoms with Crippen LogP contribution in [-0.4, -0.2) is 16.9 Å². The Balaban J connectivity index is 2.24. The van der Waals surface area contributed by atoms with Gasteiger partial charge in [-0.25, -0.2) is 0 Å². The van der Waals surface area contributed by atoms with E-state index in [1.807, 2.05) is 18.2 Å². The lowest BCUT2D eigenvalue weighted by molar-refractivity contribution is -0.143. The third-order valence-electron chi connectivity index (χ3n) is 3.14. The first-order valence-electron chi connectivity index (χ1n) is 5.67. The topological polar surface area (TPSA) is 54.4 Å². The average Bonchev–Trinajstić information content (AvgIpc) is 2.39. The van der Waals surface area contributed by atoms with Crippen LogP contribution in [0.1, 0.15) is 23.2 Å². The summed E-state index contributed by atoms with van der Waals surface area (Å²) in [6.45, 7) is 0. The van der Waals surface area contributed by atoms with E-state index in [-0.39, 0.29) is 5.78 Å². The molecule has 0 fully saturated rings. The standard InChI is InChI=1S/C14H14O3/c15-13(10-6-2-1-3-7-10)11-8-4-5-9-12(11)14(16)17/h1-7,11-12H,8-9H2,(H,16,17)/t11-,12+/m1/s1. The van der Waals surface area contributed by atoms with Crippen molar-refractivity contribution in [3.05, 3.63) is 48.0 Å². The Morgan fingerprint density at radius 2 is 1.59 bits per heavy atom. The van der Waals surface area contributed by atoms with E-state index in [0.717, 1.165) is 0 Å². The van der Waals surface area contributed by atoms with Crippen molar-refractivity contribution in [2.75, 3.05) is 0 Å². The molecule has 3 nitrogen and oxygen atoms in total. The first-order valence-corrected chi connectivity index (χ1v) is 5.67. The molecule has 0 unspecified atom stereocenters. The number of Topliss-reactive ketones (excluding diaryl/α,β-unsaturated/α-hetero) is 1. The summed E-state index contributed by atoms with van der Waals surface area (Å²) in [4.78, 5) is 23.3. The van der Waals surface area contributed by atoms with E-state index in [4.69, 9.17) is 5.11 Å². The van der Waals surface area contributed by atoms with Crippen LogP contribution in [0.4, 0.5) is 0 Å². The van der Waals surface area contributed by atoms with Crippen LogP contribution in [0.25, 0.3) is 0 Å². The number of ketones is 1. The zero-order valence-electron chi connectivity index (χ0n) is 9.37. The van der Waals surface area contributed by atoms with Gasteiger partial charge >= 0.3 is 5.97 Å². The van der Waals surface area contributed by atoms with Gasteiger partial charge in [-0.15, -0.1) is 0 Å². The van der Waals surface area contributed by atoms with Crippen molar-refractivity contribution in [2.45, 2.75) is 12.8 Å². The van der Waals surface area contributed by atoms with E-state index < -0.39 is 17.8 Å². The van der Waals surface area contributed by atoms with Gasteiger partial charge in [0.2, 0.25) is 0 Å². The summed E-state index contributed by atoms with van der Waals surface area (Å²) < 4.78 is 0. The fourth-order valence-corrected chi connectivity index (χ4v) is 2.19. The maximum absolute atomic E-state index is 12.2. The molecule has 0 saturated heterocycles. The summed E-state index contributed by atoms with van der Waals surface area (Å²) >= 11 is 0. The maximum atomic E-state index is 12.2. The molecule has 0 radical (unpaired) electrons. The van der Waals surface area contributed by atoms with Crippen molar-refractivity contribution in [3.8, 4) is 0 Å². The molecule has 88 valence electrons. The van der Waals surface area contributed by atoms with Crippen LogP contribution in [-0.2, 0) is 4.79 Å². The lowest BCUT2D eigenvalue weighted by Gasteiger charge is -2.23. The molecule has 1 aromatic carbocycles. The Hall–Kier alpha value is -1.90. The van der Waals surface area contributed by atoms with Gasteiger partial charge in [0.05, 0.1) is 5.92 Å². The smallest absolute Gasteiger partial charge is 0.307 e. The number of hydrogen-bond donors (Lipinski definition) is 1. The Bertz CT molecular complexity index is 448. The van der Waals surface area contributed by atoms with Crippen LogP contribution < -0.4 is 0 Å². The van der Waals surface area contributed by atoms with Crippen molar-refractivity contribution in [1.82, 2.24) is 0 Å². The molecule has 2 rings (SSSR count). The van der Waals surface area contributed by atoms with Crippen LogP contribution in [0.2, 0.25) is 0 Å². The van der Waals surface area contributed by atoms with Crippen molar-refractivity contribution in [3.63, 3.8) is 0 Å². The molecule has 0 bridgehead atoms. The minimum atomic E-state index is -0.886. The number of hydrogen-bond acceptors (Lipinski definition) is 2. The van der Waals surface area contributed by atoms with Gasteiger partial charge in [-0.1, -0.05) is 42.5 Å². The quantitative estimate of drug-likeness (QED) is 0.641. The molecule has 2 atom stereocenters. The summed E-state index contributed by atoms with van der Waals surface area (Å²) in [5.41, 5.74) is 0.596. The molecule has 1 aliphatic carbocycles. The summed E-state index contributed by atoms with van der Waals surface area (Å²) in [6.07, 6.45) is 4.70. The van der Waals surface area contributed by atoms with Gasteiger partial charge in [-0.3, -0.25) is 9.59 Å². The first kappa shape index (κ1) is 11.6. The Labute approximate surface area is 99.8 Å². The highest BCUT2D eigenvalue weighted by molar-refractivity contribution is 6.00. The molecule has 0 spiro atoms. The van der Waals surface area contributed by atoms with E-state index in [2.05, 4.69) is 0 Å². The van der Waals surface area contributed by atoms with Gasteiger partial charge in [0.15, 0.2) is 5.78 Å². The minimum absolute atomic E-state index is 0.0673. The molecule has 0 heterocycles. The molecular formula is C14H14O3. The second-order valence-electron chi connectivity index (χ2n) is 4.22. The number of rotatable bonds is 3. The number of carboxylic acid groups (broad SMARTS) is 1. The lowest BCUT2D eigenvalue weighted by Crippen LogP contribution is -2.31. The fraction of sp³-hybridized carbons (Fsp3) is 0.286. The van der Waals surface area contributed by atoms with Gasteiger partial charge in [0, 0.05) is 11.5 Å². The van der Waals surface area contributed by atoms with Crippen LogP contribution in [0.3, 0.4) is 0 Å². The number of aliphatic carboxylic acids is 1. The summed E-state index contributed by atoms with van der Waals surface area (Å²) in [5, 5.41) is 9.12. The van der Waals surface area contributed by atoms with Gasteiger partial charge in [0.1, 0.15) is 0 Å². The molecular weight excluding hydrogens is 216 g/mol. The summed E-state index contributed by atoms with van der Waals surface area (Å²) in [7, 11) is 0. The largest absolute Gasteiger partial charge is 0.481 e. The molecule has 1 N–H and O–H groups in total. The van der Waals surface area contributed by atoms with E-state index in [1.165, 1.54) is 0 Å². The Morgan fingerprint density at radius 1 is 1.00 bits per heavy atom. The lowest BCUT2D eigenvalue weighted by atomic mass is 9.78. The van der Waals surface area contributed by atoms with Gasteiger partial charge in [-0.2, -0.15) is 0 Å². The van der Waals surface area contributed by atoms with E-state index in [0.29, 0.717) is 18.4 Å². The van der Waals surface area contributed by atoms with Crippen molar-refractivity contribution >= 4 is 11.8 Å². The average molecular weight is 230 g/mol. The molecule has 0 amide bonds. The predicted molar refractivity (Wildman–Crippen MR) is 63.8 cm³/mol. The van der Waals surface area contributed by atoms with Gasteiger partial charge in [-0.05, 0) is 12.8 Å². The van der Waals surface area contributed by atoms with Crippen molar-refractivity contribution in [1.29, 1.82) is 0 Å². The third kappa shape index (κ3) is 2.44. The number of carboxylic acids is 1. The number of carbonyl (C=O) groups is 2. The monoisotopic (exact) mass is 230 g/mol. The molecule has 17 heavy (non-hydrogen) atoms. The molecule has 0 aliphatic heterocycles. The number of carbonyl (C=O) groups excluding carboxylic acids is 1. The van der Waals surface area contributed by atoms with Gasteiger partial charge < -0.3 is 5.11 Å². The molecule has 3 heteroatoms. The minimum Gasteiger partial charge on any atom is -0.481 e. The summed E-state index contributed by atoms with van der Waals surface area (Å²) in [5.74, 6) is -1.97. The highest BCUT2D eigenvalue weighted by atomic mass is 16.4. The first-order chi connectivity index (χ1) is 8.20. The second-order valence-corrected chi connectivity index (χ2v) is 4.22. The van der Waals surface area contributed by atoms with Crippen LogP contribution in [0.15, 0.2) is 42.5 Å². The van der Waals surface area contributed by atoms with Crippen LogP contribution in [0.5, 0.6) is 0 Å². The highest BCUT2D eigenvalue weighted by Gasteiger charge is 2.34. The zero-order chi connectivity index (χ0) is 12.3. The molecule has 0 saturated carbocycles. The third-order valence-corrected chi connectivity index (χ3v) is 3.14. The second kappa shape index (κ2) is 4.95. The summed E-state index contributed by atoms with van der Waals surface area (Å²) in [6, 6.07) is 8.90. The number of benzene rings is 1. The normalized spacial score (nSPS) is 23.3. The molecule has 1 aromatic rings. The molecule has 1 aliphatic rings. The van der Waals surface area contributed by atoms with Crippen molar-refractivity contribution < 1.29 is 14.7 Å². The predicted octanol–water partition coefficient (Wildman–Crippen LogP) is 2.54. The van der Waals surface area contributed by atoms with E-state index in [1.54, 1.807) is 24.3 Å². The van der Waals surface area contributed by atoms with Crippen LogP contribution >= 0.6 is 0 Å². The zero-order valence-corrected chi connectivity index (χ0v) is 9.37.